The van der Waals surface area contributed by atoms with E-state index in [1.54, 1.807) is 12.0 Å². The number of piperidine rings is 1. The number of hydrogen-bond donors (Lipinski definition) is 1. The van der Waals surface area contributed by atoms with Crippen molar-refractivity contribution in [1.82, 2.24) is 9.80 Å². The lowest BCUT2D eigenvalue weighted by Crippen LogP contribution is -2.53. The zero-order valence-corrected chi connectivity index (χ0v) is 24.8. The minimum Gasteiger partial charge on any atom is -0.497 e. The number of methoxy groups -OCH3 is 1. The van der Waals surface area contributed by atoms with Crippen LogP contribution in [0, 0.1) is 11.8 Å². The van der Waals surface area contributed by atoms with E-state index in [1.165, 1.54) is 0 Å². The lowest BCUT2D eigenvalue weighted by Gasteiger charge is -2.49. The van der Waals surface area contributed by atoms with Crippen molar-refractivity contribution in [3.63, 3.8) is 0 Å². The van der Waals surface area contributed by atoms with Gasteiger partial charge in [0.25, 0.3) is 5.91 Å². The molecule has 42 heavy (non-hydrogen) atoms. The average Bonchev–Trinajstić information content (AvgIpc) is 3.76. The molecule has 9 heteroatoms. The van der Waals surface area contributed by atoms with Gasteiger partial charge in [-0.15, -0.1) is 0 Å². The first-order valence-corrected chi connectivity index (χ1v) is 15.8. The number of fused-ring (bicyclic) bond motifs is 6. The maximum atomic E-state index is 17.6. The summed E-state index contributed by atoms with van der Waals surface area (Å²) in [5, 5.41) is 10.5. The number of anilines is 1. The van der Waals surface area contributed by atoms with Gasteiger partial charge in [0.1, 0.15) is 5.75 Å². The standard InChI is InChI=1S/C33H39ClFN3O4/c1-42-24-9-6-20(7-10-24)28-18-37(23-4-2-3-5-23)19-33(28,35)32(41)36-16-26-25-11-8-22(34)15-30(25)38-13-12-21(31(39)40)14-29(38)27(26)17-36/h6-11,15,21,23,26-29H,2-5,12-14,16-19H2,1H3,(H,39,40)/t21?,26-,27+,28+,29?,33+/m1/s1. The van der Waals surface area contributed by atoms with Gasteiger partial charge >= 0.3 is 5.97 Å². The number of halogens is 2. The maximum Gasteiger partial charge on any atom is 0.306 e. The molecule has 4 aliphatic heterocycles. The van der Waals surface area contributed by atoms with E-state index in [4.69, 9.17) is 16.3 Å². The van der Waals surface area contributed by atoms with Gasteiger partial charge in [0.15, 0.2) is 0 Å². The highest BCUT2D eigenvalue weighted by Gasteiger charge is 2.59. The van der Waals surface area contributed by atoms with Crippen molar-refractivity contribution in [2.75, 3.05) is 44.7 Å². The van der Waals surface area contributed by atoms with Crippen LogP contribution in [0.5, 0.6) is 5.75 Å². The van der Waals surface area contributed by atoms with Crippen LogP contribution in [0.4, 0.5) is 10.1 Å². The zero-order valence-electron chi connectivity index (χ0n) is 24.1. The van der Waals surface area contributed by atoms with Gasteiger partial charge in [0, 0.05) is 73.3 Å². The third kappa shape index (κ3) is 4.57. The van der Waals surface area contributed by atoms with Gasteiger partial charge in [-0.25, -0.2) is 4.39 Å². The van der Waals surface area contributed by atoms with E-state index in [2.05, 4.69) is 9.80 Å². The minimum absolute atomic E-state index is 0.0189. The number of hydrogen-bond acceptors (Lipinski definition) is 5. The number of amides is 1. The second-order valence-electron chi connectivity index (χ2n) is 13.1. The molecule has 224 valence electrons. The SMILES string of the molecule is COc1ccc([C@@H]2CN(C3CCCC3)C[C@@]2(F)C(=O)N2C[C@@H]3c4ccc(Cl)cc4N4CCC(C(=O)O)CC4[C@H]3C2)cc1. The number of carboxylic acid groups (broad SMARTS) is 1. The lowest BCUT2D eigenvalue weighted by atomic mass is 9.73. The topological polar surface area (TPSA) is 73.3 Å². The summed E-state index contributed by atoms with van der Waals surface area (Å²) >= 11 is 6.43. The van der Waals surface area contributed by atoms with Crippen molar-refractivity contribution < 1.29 is 23.8 Å². The summed E-state index contributed by atoms with van der Waals surface area (Å²) in [6, 6.07) is 13.7. The molecular weight excluding hydrogens is 557 g/mol. The second-order valence-corrected chi connectivity index (χ2v) is 13.5. The van der Waals surface area contributed by atoms with E-state index in [9.17, 15) is 14.7 Å². The summed E-state index contributed by atoms with van der Waals surface area (Å²) in [4.78, 5) is 32.7. The summed E-state index contributed by atoms with van der Waals surface area (Å²) in [5.41, 5.74) is 0.949. The Balaban J connectivity index is 1.21. The fourth-order valence-corrected chi connectivity index (χ4v) is 8.97. The molecule has 1 N–H and O–H groups in total. The van der Waals surface area contributed by atoms with Crippen LogP contribution in [0.25, 0.3) is 0 Å². The molecule has 1 amide bonds. The highest BCUT2D eigenvalue weighted by Crippen LogP contribution is 2.51. The number of alkyl halides is 1. The maximum absolute atomic E-state index is 17.6. The van der Waals surface area contributed by atoms with Gasteiger partial charge in [-0.05, 0) is 61.1 Å². The van der Waals surface area contributed by atoms with Gasteiger partial charge < -0.3 is 19.6 Å². The Hall–Kier alpha value is -2.84. The number of benzene rings is 2. The molecule has 1 aliphatic carbocycles. The first-order chi connectivity index (χ1) is 20.3. The van der Waals surface area contributed by atoms with Crippen molar-refractivity contribution in [2.45, 2.75) is 68.1 Å². The number of ether oxygens (including phenoxy) is 1. The lowest BCUT2D eigenvalue weighted by molar-refractivity contribution is -0.144. The molecule has 6 atom stereocenters. The monoisotopic (exact) mass is 595 g/mol. The van der Waals surface area contributed by atoms with Gasteiger partial charge in [0.2, 0.25) is 5.67 Å². The Morgan fingerprint density at radius 3 is 2.52 bits per heavy atom. The number of likely N-dealkylation sites (tertiary alicyclic amines) is 2. The van der Waals surface area contributed by atoms with Crippen LogP contribution in [0.1, 0.15) is 61.5 Å². The second kappa shape index (κ2) is 10.7. The molecule has 0 radical (unpaired) electrons. The third-order valence-electron chi connectivity index (χ3n) is 11.0. The van der Waals surface area contributed by atoms with Crippen LogP contribution in [0.15, 0.2) is 42.5 Å². The van der Waals surface area contributed by atoms with Gasteiger partial charge in [-0.2, -0.15) is 0 Å². The van der Waals surface area contributed by atoms with Crippen molar-refractivity contribution in [3.05, 3.63) is 58.6 Å². The van der Waals surface area contributed by atoms with E-state index in [1.807, 2.05) is 42.5 Å². The number of rotatable bonds is 5. The largest absolute Gasteiger partial charge is 0.497 e. The molecule has 7 rings (SSSR count). The predicted molar refractivity (Wildman–Crippen MR) is 159 cm³/mol. The van der Waals surface area contributed by atoms with Gasteiger partial charge in [-0.3, -0.25) is 14.5 Å². The van der Waals surface area contributed by atoms with E-state index in [0.29, 0.717) is 55.8 Å². The molecule has 0 spiro atoms. The first-order valence-electron chi connectivity index (χ1n) is 15.4. The van der Waals surface area contributed by atoms with Crippen LogP contribution >= 0.6 is 11.6 Å². The summed E-state index contributed by atoms with van der Waals surface area (Å²) in [7, 11) is 1.61. The molecule has 2 unspecified atom stereocenters. The number of carbonyl (C=O) groups is 2. The van der Waals surface area contributed by atoms with E-state index < -0.39 is 29.4 Å². The zero-order chi connectivity index (χ0) is 29.2. The summed E-state index contributed by atoms with van der Waals surface area (Å²) in [6.07, 6.45) is 5.50. The van der Waals surface area contributed by atoms with Crippen molar-refractivity contribution in [3.8, 4) is 5.75 Å². The third-order valence-corrected chi connectivity index (χ3v) is 11.2. The Labute approximate surface area is 251 Å². The number of carboxylic acids is 1. The summed E-state index contributed by atoms with van der Waals surface area (Å²) in [6.45, 7) is 2.14. The van der Waals surface area contributed by atoms with Crippen LogP contribution in [-0.2, 0) is 9.59 Å². The molecule has 3 saturated heterocycles. The molecule has 1 saturated carbocycles. The smallest absolute Gasteiger partial charge is 0.306 e. The van der Waals surface area contributed by atoms with Crippen LogP contribution in [0.2, 0.25) is 5.02 Å². The molecule has 7 nitrogen and oxygen atoms in total. The molecule has 4 heterocycles. The molecule has 4 fully saturated rings. The minimum atomic E-state index is -2.04. The van der Waals surface area contributed by atoms with Gasteiger partial charge in [-0.1, -0.05) is 42.6 Å². The van der Waals surface area contributed by atoms with Gasteiger partial charge in [0.05, 0.1) is 13.0 Å². The van der Waals surface area contributed by atoms with E-state index in [0.717, 1.165) is 42.5 Å². The first kappa shape index (κ1) is 28.0. The Kier molecular flexibility index (Phi) is 7.13. The summed E-state index contributed by atoms with van der Waals surface area (Å²) in [5.74, 6) is -1.40. The van der Waals surface area contributed by atoms with Crippen molar-refractivity contribution in [2.24, 2.45) is 11.8 Å². The molecule has 0 aromatic heterocycles. The van der Waals surface area contributed by atoms with Crippen molar-refractivity contribution in [1.29, 1.82) is 0 Å². The quantitative estimate of drug-likeness (QED) is 0.504. The fraction of sp³-hybridized carbons (Fsp3) is 0.576. The van der Waals surface area contributed by atoms with Crippen molar-refractivity contribution >= 4 is 29.2 Å². The van der Waals surface area contributed by atoms with Crippen LogP contribution < -0.4 is 9.64 Å². The fourth-order valence-electron chi connectivity index (χ4n) is 8.80. The highest BCUT2D eigenvalue weighted by atomic mass is 35.5. The number of carbonyl (C=O) groups excluding carboxylic acids is 1. The number of nitrogens with zero attached hydrogens (tertiary/aromatic N) is 3. The normalized spacial score (nSPS) is 32.9. The molecule has 2 aromatic rings. The number of aliphatic carboxylic acids is 1. The Bertz CT molecular complexity index is 1370. The van der Waals surface area contributed by atoms with E-state index >= 15 is 4.39 Å². The molecule has 0 bridgehead atoms. The molecule has 5 aliphatic rings. The highest BCUT2D eigenvalue weighted by molar-refractivity contribution is 6.30. The summed E-state index contributed by atoms with van der Waals surface area (Å²) < 4.78 is 22.9. The average molecular weight is 596 g/mol. The molecular formula is C33H39ClFN3O4. The van der Waals surface area contributed by atoms with Crippen LogP contribution in [0.3, 0.4) is 0 Å². The van der Waals surface area contributed by atoms with E-state index in [-0.39, 0.29) is 24.4 Å². The predicted octanol–water partition coefficient (Wildman–Crippen LogP) is 5.32. The Morgan fingerprint density at radius 1 is 1.05 bits per heavy atom. The molecule has 2 aromatic carbocycles. The Morgan fingerprint density at radius 2 is 1.81 bits per heavy atom. The van der Waals surface area contributed by atoms with Crippen LogP contribution in [-0.4, -0.2) is 84.4 Å².